The Morgan fingerprint density at radius 1 is 1.29 bits per heavy atom. The van der Waals surface area contributed by atoms with Crippen LogP contribution in [0.2, 0.25) is 0 Å². The average molecular weight is 229 g/mol. The largest absolute Gasteiger partial charge is 0.377 e. The summed E-state index contributed by atoms with van der Waals surface area (Å²) in [7, 11) is 0. The lowest BCUT2D eigenvalue weighted by Gasteiger charge is -2.25. The highest BCUT2D eigenvalue weighted by Gasteiger charge is 2.16. The van der Waals surface area contributed by atoms with E-state index in [0.29, 0.717) is 0 Å². The highest BCUT2D eigenvalue weighted by Crippen LogP contribution is 2.19. The van der Waals surface area contributed by atoms with Crippen LogP contribution < -0.4 is 0 Å². The number of rotatable bonds is 4. The first-order valence-corrected chi connectivity index (χ1v) is 6.35. The smallest absolute Gasteiger partial charge is 0.190 e. The third-order valence-corrected chi connectivity index (χ3v) is 3.07. The first kappa shape index (κ1) is 11.9. The first-order chi connectivity index (χ1) is 8.31. The Kier molecular flexibility index (Phi) is 3.97. The van der Waals surface area contributed by atoms with Gasteiger partial charge in [0.1, 0.15) is 0 Å². The lowest BCUT2D eigenvalue weighted by molar-refractivity contribution is 0.102. The molecule has 0 spiro atoms. The zero-order valence-corrected chi connectivity index (χ0v) is 10.4. The summed E-state index contributed by atoms with van der Waals surface area (Å²) >= 11 is 0. The minimum absolute atomic E-state index is 0.186. The predicted octanol–water partition coefficient (Wildman–Crippen LogP) is 3.26. The topological polar surface area (TPSA) is 20.3 Å². The van der Waals surface area contributed by atoms with E-state index in [1.54, 1.807) is 0 Å². The fraction of sp³-hybridized carbons (Fsp3) is 0.400. The number of allylic oxidation sites excluding steroid dienone is 1. The van der Waals surface area contributed by atoms with Gasteiger partial charge in [0.2, 0.25) is 0 Å². The number of nitrogens with zero attached hydrogens (tertiary/aromatic N) is 1. The summed E-state index contributed by atoms with van der Waals surface area (Å²) in [5.41, 5.74) is 1.76. The van der Waals surface area contributed by atoms with Crippen molar-refractivity contribution in [1.29, 1.82) is 0 Å². The van der Waals surface area contributed by atoms with E-state index >= 15 is 0 Å². The maximum atomic E-state index is 12.3. The van der Waals surface area contributed by atoms with E-state index in [4.69, 9.17) is 0 Å². The van der Waals surface area contributed by atoms with Gasteiger partial charge in [0.15, 0.2) is 5.78 Å². The predicted molar refractivity (Wildman–Crippen MR) is 70.0 cm³/mol. The second-order valence-electron chi connectivity index (χ2n) is 4.49. The summed E-state index contributed by atoms with van der Waals surface area (Å²) in [6, 6.07) is 9.56. The summed E-state index contributed by atoms with van der Waals surface area (Å²) in [5.74, 6) is 0.186. The van der Waals surface area contributed by atoms with Gasteiger partial charge < -0.3 is 4.90 Å². The van der Waals surface area contributed by atoms with Crippen molar-refractivity contribution in [2.24, 2.45) is 0 Å². The van der Waals surface area contributed by atoms with Crippen LogP contribution in [0.4, 0.5) is 0 Å². The molecule has 1 aliphatic rings. The van der Waals surface area contributed by atoms with Crippen molar-refractivity contribution >= 4 is 5.78 Å². The van der Waals surface area contributed by atoms with Gasteiger partial charge in [-0.25, -0.2) is 0 Å². The molecule has 0 amide bonds. The van der Waals surface area contributed by atoms with Crippen LogP contribution in [0.3, 0.4) is 0 Å². The molecule has 0 saturated carbocycles. The van der Waals surface area contributed by atoms with Gasteiger partial charge in [-0.15, -0.1) is 0 Å². The van der Waals surface area contributed by atoms with Crippen molar-refractivity contribution < 1.29 is 4.79 Å². The van der Waals surface area contributed by atoms with Crippen LogP contribution >= 0.6 is 0 Å². The van der Waals surface area contributed by atoms with E-state index in [2.05, 4.69) is 18.0 Å². The normalized spacial score (nSPS) is 15.6. The Balaban J connectivity index is 2.14. The van der Waals surface area contributed by atoms with Crippen molar-refractivity contribution in [3.63, 3.8) is 0 Å². The quantitative estimate of drug-likeness (QED) is 0.739. The molecule has 0 saturated heterocycles. The maximum absolute atomic E-state index is 12.3. The molecule has 17 heavy (non-hydrogen) atoms. The maximum Gasteiger partial charge on any atom is 0.190 e. The average Bonchev–Trinajstić information content (AvgIpc) is 2.40. The standard InChI is InChI=1S/C15H19NO/c1-2-10-16-11-6-9-14(12-16)15(17)13-7-4-3-5-8-13/h3-5,7-8,12H,2,6,9-11H2,1H3. The van der Waals surface area contributed by atoms with Crippen LogP contribution in [0, 0.1) is 0 Å². The van der Waals surface area contributed by atoms with Crippen LogP contribution in [-0.2, 0) is 0 Å². The number of benzene rings is 1. The van der Waals surface area contributed by atoms with E-state index in [1.807, 2.05) is 30.3 Å². The van der Waals surface area contributed by atoms with Crippen LogP contribution in [0.5, 0.6) is 0 Å². The molecule has 0 aromatic heterocycles. The van der Waals surface area contributed by atoms with Gasteiger partial charge in [-0.1, -0.05) is 37.3 Å². The minimum Gasteiger partial charge on any atom is -0.377 e. The SMILES string of the molecule is CCCN1C=C(C(=O)c2ccccc2)CCC1. The fourth-order valence-electron chi connectivity index (χ4n) is 2.23. The molecule has 90 valence electrons. The zero-order valence-electron chi connectivity index (χ0n) is 10.4. The Morgan fingerprint density at radius 3 is 2.76 bits per heavy atom. The van der Waals surface area contributed by atoms with Gasteiger partial charge in [-0.05, 0) is 19.3 Å². The minimum atomic E-state index is 0.186. The highest BCUT2D eigenvalue weighted by atomic mass is 16.1. The van der Waals surface area contributed by atoms with Crippen LogP contribution in [-0.4, -0.2) is 23.8 Å². The van der Waals surface area contributed by atoms with Gasteiger partial charge in [0, 0.05) is 30.4 Å². The number of Topliss-reactive ketones (excluding diaryl/α,β-unsaturated/α-hetero) is 1. The summed E-state index contributed by atoms with van der Waals surface area (Å²) in [5, 5.41) is 0. The number of hydrogen-bond donors (Lipinski definition) is 0. The van der Waals surface area contributed by atoms with E-state index in [-0.39, 0.29) is 5.78 Å². The number of ketones is 1. The summed E-state index contributed by atoms with van der Waals surface area (Å²) in [6.45, 7) is 4.30. The molecule has 2 heteroatoms. The van der Waals surface area contributed by atoms with Gasteiger partial charge in [0.25, 0.3) is 0 Å². The van der Waals surface area contributed by atoms with Crippen molar-refractivity contribution in [1.82, 2.24) is 4.90 Å². The van der Waals surface area contributed by atoms with Crippen molar-refractivity contribution in [2.45, 2.75) is 26.2 Å². The lowest BCUT2D eigenvalue weighted by Crippen LogP contribution is -2.25. The third kappa shape index (κ3) is 2.96. The van der Waals surface area contributed by atoms with Crippen molar-refractivity contribution in [3.8, 4) is 0 Å². The summed E-state index contributed by atoms with van der Waals surface area (Å²) in [6.07, 6.45) is 5.18. The molecular weight excluding hydrogens is 210 g/mol. The molecule has 1 heterocycles. The Labute approximate surface area is 103 Å². The number of carbonyl (C=O) groups excluding carboxylic acids is 1. The fourth-order valence-corrected chi connectivity index (χ4v) is 2.23. The molecule has 0 bridgehead atoms. The summed E-state index contributed by atoms with van der Waals surface area (Å²) < 4.78 is 0. The molecule has 2 nitrogen and oxygen atoms in total. The zero-order chi connectivity index (χ0) is 12.1. The van der Waals surface area contributed by atoms with Crippen LogP contribution in [0.1, 0.15) is 36.5 Å². The van der Waals surface area contributed by atoms with E-state index in [0.717, 1.165) is 43.5 Å². The van der Waals surface area contributed by atoms with Crippen LogP contribution in [0.25, 0.3) is 0 Å². The van der Waals surface area contributed by atoms with Gasteiger partial charge in [-0.3, -0.25) is 4.79 Å². The molecule has 1 aromatic rings. The molecule has 0 atom stereocenters. The lowest BCUT2D eigenvalue weighted by atomic mass is 9.98. The molecule has 0 radical (unpaired) electrons. The van der Waals surface area contributed by atoms with E-state index in [9.17, 15) is 4.79 Å². The molecule has 1 aliphatic heterocycles. The molecule has 0 fully saturated rings. The Bertz CT molecular complexity index is 408. The molecule has 1 aromatic carbocycles. The molecule has 2 rings (SSSR count). The molecule has 0 N–H and O–H groups in total. The highest BCUT2D eigenvalue weighted by molar-refractivity contribution is 6.08. The molecular formula is C15H19NO. The van der Waals surface area contributed by atoms with E-state index < -0.39 is 0 Å². The molecule has 0 aliphatic carbocycles. The second-order valence-corrected chi connectivity index (χ2v) is 4.49. The van der Waals surface area contributed by atoms with Gasteiger partial charge >= 0.3 is 0 Å². The third-order valence-electron chi connectivity index (χ3n) is 3.07. The van der Waals surface area contributed by atoms with Crippen molar-refractivity contribution in [3.05, 3.63) is 47.7 Å². The number of hydrogen-bond acceptors (Lipinski definition) is 2. The Hall–Kier alpha value is -1.57. The Morgan fingerprint density at radius 2 is 2.06 bits per heavy atom. The summed E-state index contributed by atoms with van der Waals surface area (Å²) in [4.78, 5) is 14.5. The number of carbonyl (C=O) groups is 1. The van der Waals surface area contributed by atoms with E-state index in [1.165, 1.54) is 0 Å². The van der Waals surface area contributed by atoms with Crippen LogP contribution in [0.15, 0.2) is 42.1 Å². The van der Waals surface area contributed by atoms with Gasteiger partial charge in [-0.2, -0.15) is 0 Å². The molecule has 0 unspecified atom stereocenters. The van der Waals surface area contributed by atoms with Gasteiger partial charge in [0.05, 0.1) is 0 Å². The first-order valence-electron chi connectivity index (χ1n) is 6.35. The van der Waals surface area contributed by atoms with Crippen molar-refractivity contribution in [2.75, 3.05) is 13.1 Å². The second kappa shape index (κ2) is 5.67. The monoisotopic (exact) mass is 229 g/mol.